The quantitative estimate of drug-likeness (QED) is 0.576. The van der Waals surface area contributed by atoms with E-state index in [1.807, 2.05) is 54.6 Å². The average molecular weight is 380 g/mol. The fraction of sp³-hybridized carbons (Fsp3) is 0.143. The van der Waals surface area contributed by atoms with Gasteiger partial charge in [-0.25, -0.2) is 4.98 Å². The number of aromatic nitrogens is 3. The van der Waals surface area contributed by atoms with Gasteiger partial charge in [-0.1, -0.05) is 60.1 Å². The van der Waals surface area contributed by atoms with Crippen molar-refractivity contribution in [2.45, 2.75) is 13.3 Å². The van der Waals surface area contributed by atoms with Gasteiger partial charge in [0.05, 0.1) is 18.4 Å². The molecule has 0 aliphatic rings. The van der Waals surface area contributed by atoms with Crippen molar-refractivity contribution in [2.24, 2.45) is 0 Å². The predicted octanol–water partition coefficient (Wildman–Crippen LogP) is 4.25. The van der Waals surface area contributed by atoms with Crippen molar-refractivity contribution < 1.29 is 4.74 Å². The van der Waals surface area contributed by atoms with Gasteiger partial charge in [-0.3, -0.25) is 9.89 Å². The zero-order valence-corrected chi connectivity index (χ0v) is 15.7. The van der Waals surface area contributed by atoms with Gasteiger partial charge in [0.1, 0.15) is 10.8 Å². The summed E-state index contributed by atoms with van der Waals surface area (Å²) < 4.78 is 6.96. The van der Waals surface area contributed by atoms with Crippen molar-refractivity contribution >= 4 is 17.2 Å². The van der Waals surface area contributed by atoms with Gasteiger partial charge in [0.2, 0.25) is 0 Å². The van der Waals surface area contributed by atoms with E-state index < -0.39 is 0 Å². The van der Waals surface area contributed by atoms with Gasteiger partial charge in [-0.2, -0.15) is 4.52 Å². The van der Waals surface area contributed by atoms with Gasteiger partial charge in [-0.15, -0.1) is 0 Å². The van der Waals surface area contributed by atoms with Crippen molar-refractivity contribution in [1.29, 1.82) is 0 Å². The Labute approximate surface area is 161 Å². The van der Waals surface area contributed by atoms with Crippen LogP contribution in [0.3, 0.4) is 0 Å². The molecule has 1 N–H and O–H groups in total. The summed E-state index contributed by atoms with van der Waals surface area (Å²) in [5.41, 5.74) is 4.44. The number of H-pyrrole nitrogens is 1. The first-order valence-electron chi connectivity index (χ1n) is 8.57. The Balaban J connectivity index is 2.04. The Kier molecular flexibility index (Phi) is 4.46. The fourth-order valence-corrected chi connectivity index (χ4v) is 3.39. The third kappa shape index (κ3) is 3.00. The molecule has 0 radical (unpaired) electrons. The number of nitrogens with zero attached hydrogens (tertiary/aromatic N) is 2. The fourth-order valence-electron chi connectivity index (χ4n) is 3.27. The van der Waals surface area contributed by atoms with E-state index in [0.29, 0.717) is 17.8 Å². The number of benzene rings is 2. The molecule has 27 heavy (non-hydrogen) atoms. The topological polar surface area (TPSA) is 59.4 Å². The molecule has 0 atom stereocenters. The van der Waals surface area contributed by atoms with Gasteiger partial charge in [-0.05, 0) is 18.6 Å². The molecule has 4 rings (SSSR count). The number of aromatic amines is 1. The smallest absolute Gasteiger partial charge is 0.291 e. The van der Waals surface area contributed by atoms with Crippen LogP contribution in [-0.2, 0) is 6.42 Å². The number of halogens is 1. The van der Waals surface area contributed by atoms with Gasteiger partial charge in [0, 0.05) is 17.7 Å². The first-order chi connectivity index (χ1) is 13.1. The van der Waals surface area contributed by atoms with Crippen LogP contribution < -0.4 is 10.3 Å². The van der Waals surface area contributed by atoms with E-state index in [1.54, 1.807) is 14.0 Å². The number of aryl methyl sites for hydroxylation is 1. The van der Waals surface area contributed by atoms with Crippen LogP contribution in [0.4, 0.5) is 0 Å². The molecule has 2 aromatic heterocycles. The summed E-state index contributed by atoms with van der Waals surface area (Å²) in [5, 5.41) is 3.32. The highest BCUT2D eigenvalue weighted by Crippen LogP contribution is 2.35. The molecule has 0 saturated carbocycles. The molecule has 0 saturated heterocycles. The minimum atomic E-state index is -0.311. The van der Waals surface area contributed by atoms with E-state index in [0.717, 1.165) is 28.1 Å². The number of hydrogen-bond donors (Lipinski definition) is 1. The number of rotatable bonds is 4. The van der Waals surface area contributed by atoms with Gasteiger partial charge >= 0.3 is 0 Å². The molecule has 2 aromatic carbocycles. The van der Waals surface area contributed by atoms with Crippen LogP contribution >= 0.6 is 11.6 Å². The Hall–Kier alpha value is -3.05. The SMILES string of the molecule is COc1ccccc1-c1c(Cc2ccccc2)[nH]n2c(=O)c(Cl)c(C)nc12. The standard InChI is InChI=1S/C21H18ClN3O2/c1-13-19(22)21(26)25-20(23-13)18(15-10-6-7-11-17(15)27-2)16(24-25)12-14-8-4-3-5-9-14/h3-11,24H,12H2,1-2H3. The summed E-state index contributed by atoms with van der Waals surface area (Å²) in [5.74, 6) is 0.718. The molecular weight excluding hydrogens is 362 g/mol. The van der Waals surface area contributed by atoms with Crippen LogP contribution in [0.25, 0.3) is 16.8 Å². The summed E-state index contributed by atoms with van der Waals surface area (Å²) >= 11 is 6.14. The largest absolute Gasteiger partial charge is 0.496 e. The molecule has 0 amide bonds. The number of methoxy groups -OCH3 is 1. The van der Waals surface area contributed by atoms with Crippen LogP contribution in [-0.4, -0.2) is 21.7 Å². The Morgan fingerprint density at radius 1 is 1.11 bits per heavy atom. The van der Waals surface area contributed by atoms with E-state index in [9.17, 15) is 4.79 Å². The highest BCUT2D eigenvalue weighted by molar-refractivity contribution is 6.31. The van der Waals surface area contributed by atoms with Crippen molar-refractivity contribution in [1.82, 2.24) is 14.6 Å². The molecule has 5 nitrogen and oxygen atoms in total. The minimum absolute atomic E-state index is 0.117. The lowest BCUT2D eigenvalue weighted by atomic mass is 10.0. The van der Waals surface area contributed by atoms with Crippen LogP contribution in [0.2, 0.25) is 5.02 Å². The van der Waals surface area contributed by atoms with Crippen LogP contribution in [0.5, 0.6) is 5.75 Å². The third-order valence-electron chi connectivity index (χ3n) is 4.57. The molecule has 6 heteroatoms. The van der Waals surface area contributed by atoms with Crippen molar-refractivity contribution in [2.75, 3.05) is 7.11 Å². The first-order valence-corrected chi connectivity index (χ1v) is 8.95. The summed E-state index contributed by atoms with van der Waals surface area (Å²) in [6, 6.07) is 17.8. The molecule has 136 valence electrons. The number of fused-ring (bicyclic) bond motifs is 1. The van der Waals surface area contributed by atoms with Crippen molar-refractivity contribution in [3.8, 4) is 16.9 Å². The molecule has 0 aliphatic heterocycles. The van der Waals surface area contributed by atoms with E-state index in [2.05, 4.69) is 10.1 Å². The molecule has 0 bridgehead atoms. The molecule has 0 fully saturated rings. The van der Waals surface area contributed by atoms with E-state index >= 15 is 0 Å². The first kappa shape index (κ1) is 17.4. The maximum absolute atomic E-state index is 12.7. The lowest BCUT2D eigenvalue weighted by Crippen LogP contribution is -2.17. The maximum atomic E-state index is 12.7. The second kappa shape index (κ2) is 6.93. The lowest BCUT2D eigenvalue weighted by molar-refractivity contribution is 0.416. The van der Waals surface area contributed by atoms with Crippen LogP contribution in [0.15, 0.2) is 59.4 Å². The van der Waals surface area contributed by atoms with E-state index in [4.69, 9.17) is 16.3 Å². The second-order valence-electron chi connectivity index (χ2n) is 6.30. The van der Waals surface area contributed by atoms with Crippen LogP contribution in [0.1, 0.15) is 17.0 Å². The molecule has 0 spiro atoms. The van der Waals surface area contributed by atoms with Crippen LogP contribution in [0, 0.1) is 6.92 Å². The Morgan fingerprint density at radius 3 is 2.56 bits per heavy atom. The van der Waals surface area contributed by atoms with Gasteiger partial charge in [0.25, 0.3) is 5.56 Å². The summed E-state index contributed by atoms with van der Waals surface area (Å²) in [6.45, 7) is 1.74. The monoisotopic (exact) mass is 379 g/mol. The van der Waals surface area contributed by atoms with Crippen molar-refractivity contribution in [3.63, 3.8) is 0 Å². The van der Waals surface area contributed by atoms with Crippen molar-refractivity contribution in [3.05, 3.63) is 86.9 Å². The zero-order valence-electron chi connectivity index (χ0n) is 15.0. The molecule has 0 aliphatic carbocycles. The summed E-state index contributed by atoms with van der Waals surface area (Å²) in [4.78, 5) is 17.3. The summed E-state index contributed by atoms with van der Waals surface area (Å²) in [7, 11) is 1.63. The zero-order chi connectivity index (χ0) is 19.0. The molecular formula is C21H18ClN3O2. The highest BCUT2D eigenvalue weighted by atomic mass is 35.5. The molecule has 2 heterocycles. The average Bonchev–Trinajstić information content (AvgIpc) is 3.04. The number of nitrogens with one attached hydrogen (secondary N) is 1. The second-order valence-corrected chi connectivity index (χ2v) is 6.68. The maximum Gasteiger partial charge on any atom is 0.291 e. The normalized spacial score (nSPS) is 11.1. The van der Waals surface area contributed by atoms with E-state index in [1.165, 1.54) is 4.52 Å². The Bertz CT molecular complexity index is 1180. The summed E-state index contributed by atoms with van der Waals surface area (Å²) in [6.07, 6.45) is 0.619. The highest BCUT2D eigenvalue weighted by Gasteiger charge is 2.21. The predicted molar refractivity (Wildman–Crippen MR) is 107 cm³/mol. The van der Waals surface area contributed by atoms with Gasteiger partial charge in [0.15, 0.2) is 5.65 Å². The van der Waals surface area contributed by atoms with Gasteiger partial charge < -0.3 is 4.74 Å². The third-order valence-corrected chi connectivity index (χ3v) is 5.00. The molecule has 4 aromatic rings. The number of para-hydroxylation sites is 1. The number of hydrogen-bond acceptors (Lipinski definition) is 3. The molecule has 0 unspecified atom stereocenters. The number of ether oxygens (including phenoxy) is 1. The lowest BCUT2D eigenvalue weighted by Gasteiger charge is -2.09. The minimum Gasteiger partial charge on any atom is -0.496 e. The van der Waals surface area contributed by atoms with E-state index in [-0.39, 0.29) is 10.6 Å². The Morgan fingerprint density at radius 2 is 1.81 bits per heavy atom.